The van der Waals surface area contributed by atoms with E-state index in [9.17, 15) is 32.4 Å². The van der Waals surface area contributed by atoms with E-state index >= 15 is 0 Å². The lowest BCUT2D eigenvalue weighted by atomic mass is 9.85. The number of primary amides is 1. The van der Waals surface area contributed by atoms with Gasteiger partial charge in [0.25, 0.3) is 0 Å². The molecule has 0 spiro atoms. The summed E-state index contributed by atoms with van der Waals surface area (Å²) in [6.45, 7) is 2.33. The van der Waals surface area contributed by atoms with Crippen molar-refractivity contribution in [3.05, 3.63) is 59.7 Å². The molecule has 1 aliphatic carbocycles. The number of alkyl halides is 4. The lowest BCUT2D eigenvalue weighted by Crippen LogP contribution is -2.61. The van der Waals surface area contributed by atoms with E-state index in [1.165, 1.54) is 38.1 Å². The van der Waals surface area contributed by atoms with Gasteiger partial charge in [-0.15, -0.1) is 11.8 Å². The molecule has 1 aliphatic heterocycles. The Hall–Kier alpha value is -3.54. The standard InChI is InChI=1S/C30H30F4N4O2S/c1-27(2,31)16-24-25(39)37-23(17-35)18-41-15-3-12-29(38-24,30(32,33)34)22-10-6-20(7-11-22)19-4-8-21(9-5-19)28(13-14-28)26(36)40/h4-11,23-24,38H,13-16,18H2,1-2H3,(H2,36,40)(H,37,39)/t23-,24+,29+/m1/s1. The number of nitriles is 1. The molecule has 41 heavy (non-hydrogen) atoms. The van der Waals surface area contributed by atoms with Crippen molar-refractivity contribution in [3.8, 4) is 29.0 Å². The molecule has 4 N–H and O–H groups in total. The lowest BCUT2D eigenvalue weighted by molar-refractivity contribution is -0.185. The summed E-state index contributed by atoms with van der Waals surface area (Å²) < 4.78 is 59.6. The van der Waals surface area contributed by atoms with E-state index in [0.717, 1.165) is 22.9 Å². The highest BCUT2D eigenvalue weighted by atomic mass is 32.2. The van der Waals surface area contributed by atoms with Crippen LogP contribution in [0.2, 0.25) is 0 Å². The molecule has 0 bridgehead atoms. The van der Waals surface area contributed by atoms with Gasteiger partial charge in [-0.05, 0) is 48.9 Å². The molecule has 0 saturated heterocycles. The van der Waals surface area contributed by atoms with Gasteiger partial charge < -0.3 is 11.1 Å². The number of nitrogens with zero attached hydrogens (tertiary/aromatic N) is 1. The van der Waals surface area contributed by atoms with Crippen molar-refractivity contribution in [2.75, 3.05) is 11.5 Å². The maximum atomic E-state index is 15.0. The summed E-state index contributed by atoms with van der Waals surface area (Å²) in [6.07, 6.45) is -4.22. The molecule has 216 valence electrons. The Bertz CT molecular complexity index is 1400. The van der Waals surface area contributed by atoms with Gasteiger partial charge in [-0.2, -0.15) is 18.4 Å². The van der Waals surface area contributed by atoms with Crippen LogP contribution in [0.1, 0.15) is 44.2 Å². The number of carbonyl (C=O) groups excluding carboxylic acids is 2. The monoisotopic (exact) mass is 586 g/mol. The molecule has 4 rings (SSSR count). The molecule has 3 atom stereocenters. The summed E-state index contributed by atoms with van der Waals surface area (Å²) in [5.41, 5.74) is 1.79. The van der Waals surface area contributed by atoms with E-state index in [-0.39, 0.29) is 23.0 Å². The predicted octanol–water partition coefficient (Wildman–Crippen LogP) is 4.48. The highest BCUT2D eigenvalue weighted by Crippen LogP contribution is 2.48. The predicted molar refractivity (Wildman–Crippen MR) is 149 cm³/mol. The van der Waals surface area contributed by atoms with Gasteiger partial charge in [0.15, 0.2) is 0 Å². The second-order valence-corrected chi connectivity index (χ2v) is 12.0. The number of hydrogen-bond donors (Lipinski definition) is 3. The first-order valence-corrected chi connectivity index (χ1v) is 14.2. The van der Waals surface area contributed by atoms with Crippen LogP contribution in [0.15, 0.2) is 48.5 Å². The number of thioether (sulfide) groups is 1. The highest BCUT2D eigenvalue weighted by molar-refractivity contribution is 7.99. The van der Waals surface area contributed by atoms with Crippen LogP contribution < -0.4 is 16.4 Å². The zero-order chi connectivity index (χ0) is 30.1. The molecule has 2 aromatic rings. The second kappa shape index (κ2) is 11.4. The zero-order valence-electron chi connectivity index (χ0n) is 22.6. The van der Waals surface area contributed by atoms with Crippen molar-refractivity contribution in [2.45, 2.75) is 68.0 Å². The smallest absolute Gasteiger partial charge is 0.369 e. The van der Waals surface area contributed by atoms with E-state index in [4.69, 9.17) is 5.73 Å². The summed E-state index contributed by atoms with van der Waals surface area (Å²) >= 11 is 1.12. The number of nitrogens with two attached hydrogens (primary N) is 1. The van der Waals surface area contributed by atoms with E-state index in [0.29, 0.717) is 18.4 Å². The molecule has 2 aromatic carbocycles. The molecule has 0 radical (unpaired) electrons. The minimum atomic E-state index is -5.00. The molecule has 1 fully saturated rings. The van der Waals surface area contributed by atoms with Crippen LogP contribution in [0.4, 0.5) is 17.6 Å². The Kier molecular flexibility index (Phi) is 8.45. The van der Waals surface area contributed by atoms with Crippen LogP contribution in [-0.4, -0.2) is 47.2 Å². The first kappa shape index (κ1) is 30.4. The van der Waals surface area contributed by atoms with E-state index < -0.39 is 47.2 Å². The first-order valence-electron chi connectivity index (χ1n) is 13.0. The molecule has 6 nitrogen and oxygen atoms in total. The Morgan fingerprint density at radius 2 is 1.63 bits per heavy atom. The number of nitrogens with one attached hydrogen (secondary N) is 2. The zero-order valence-corrected chi connectivity index (χ0v) is 23.4. The van der Waals surface area contributed by atoms with Gasteiger partial charge in [-0.1, -0.05) is 60.4 Å². The van der Waals surface area contributed by atoms with Crippen molar-refractivity contribution in [2.24, 2.45) is 5.73 Å². The molecule has 0 aromatic heterocycles. The molecular formula is C30H30F4N4O2S. The molecule has 2 aliphatic rings. The van der Waals surface area contributed by atoms with Gasteiger partial charge >= 0.3 is 6.18 Å². The topological polar surface area (TPSA) is 108 Å². The van der Waals surface area contributed by atoms with Crippen molar-refractivity contribution >= 4 is 23.6 Å². The van der Waals surface area contributed by atoms with Gasteiger partial charge in [0.2, 0.25) is 17.4 Å². The van der Waals surface area contributed by atoms with Crippen LogP contribution in [0.5, 0.6) is 0 Å². The fourth-order valence-corrected chi connectivity index (χ4v) is 5.63. The number of carbonyl (C=O) groups is 2. The van der Waals surface area contributed by atoms with Gasteiger partial charge in [0.05, 0.1) is 23.3 Å². The fourth-order valence-electron chi connectivity index (χ4n) is 4.94. The Morgan fingerprint density at radius 1 is 1.07 bits per heavy atom. The van der Waals surface area contributed by atoms with Crippen molar-refractivity contribution in [3.63, 3.8) is 0 Å². The van der Waals surface area contributed by atoms with E-state index in [2.05, 4.69) is 22.5 Å². The highest BCUT2D eigenvalue weighted by Gasteiger charge is 2.57. The van der Waals surface area contributed by atoms with Crippen LogP contribution in [0, 0.1) is 23.2 Å². The molecule has 0 unspecified atom stereocenters. The summed E-state index contributed by atoms with van der Waals surface area (Å²) in [7, 11) is 0. The van der Waals surface area contributed by atoms with Gasteiger partial charge in [-0.3, -0.25) is 14.9 Å². The minimum Gasteiger partial charge on any atom is -0.369 e. The fraction of sp³-hybridized carbons (Fsp3) is 0.433. The average Bonchev–Trinajstić information content (AvgIpc) is 3.72. The van der Waals surface area contributed by atoms with Crippen LogP contribution in [0.25, 0.3) is 11.1 Å². The average molecular weight is 587 g/mol. The van der Waals surface area contributed by atoms with Gasteiger partial charge in [-0.25, -0.2) is 4.39 Å². The number of amides is 2. The third kappa shape index (κ3) is 6.52. The molecule has 11 heteroatoms. The van der Waals surface area contributed by atoms with Gasteiger partial charge in [0.1, 0.15) is 11.7 Å². The largest absolute Gasteiger partial charge is 0.422 e. The Morgan fingerprint density at radius 3 is 2.10 bits per heavy atom. The number of rotatable bonds is 6. The van der Waals surface area contributed by atoms with Crippen LogP contribution in [0.3, 0.4) is 0 Å². The van der Waals surface area contributed by atoms with Crippen molar-refractivity contribution < 1.29 is 27.2 Å². The summed E-state index contributed by atoms with van der Waals surface area (Å²) in [5, 5.41) is 14.2. The van der Waals surface area contributed by atoms with Crippen molar-refractivity contribution in [1.29, 1.82) is 5.26 Å². The Balaban J connectivity index is 1.73. The first-order chi connectivity index (χ1) is 19.2. The quantitative estimate of drug-likeness (QED) is 0.342. The maximum Gasteiger partial charge on any atom is 0.422 e. The van der Waals surface area contributed by atoms with Crippen LogP contribution >= 0.6 is 11.8 Å². The normalized spacial score (nSPS) is 24.6. The van der Waals surface area contributed by atoms with E-state index in [1.54, 1.807) is 24.3 Å². The molecule has 1 saturated carbocycles. The van der Waals surface area contributed by atoms with Crippen LogP contribution in [-0.2, 0) is 20.5 Å². The Labute approximate surface area is 240 Å². The minimum absolute atomic E-state index is 0.00986. The third-order valence-corrected chi connectivity index (χ3v) is 8.26. The number of halogens is 4. The number of benzene rings is 2. The summed E-state index contributed by atoms with van der Waals surface area (Å²) in [5.74, 6) is 3.69. The SMILES string of the molecule is CC(C)(F)C[C@@H]1N[C@@](c2ccc(-c3ccc(C4(C(N)=O)CC4)cc3)cc2)(C(F)(F)F)C#CCSC[C@@H](C#N)NC1=O. The maximum absolute atomic E-state index is 15.0. The molecule has 1 heterocycles. The van der Waals surface area contributed by atoms with Crippen molar-refractivity contribution in [1.82, 2.24) is 10.6 Å². The summed E-state index contributed by atoms with van der Waals surface area (Å²) in [6, 6.07) is 12.1. The number of hydrogen-bond acceptors (Lipinski definition) is 5. The van der Waals surface area contributed by atoms with Gasteiger partial charge in [0, 0.05) is 12.2 Å². The summed E-state index contributed by atoms with van der Waals surface area (Å²) in [4.78, 5) is 24.9. The lowest BCUT2D eigenvalue weighted by Gasteiger charge is -2.37. The third-order valence-electron chi connectivity index (χ3n) is 7.34. The second-order valence-electron chi connectivity index (χ2n) is 11.0. The molecule has 2 amide bonds. The van der Waals surface area contributed by atoms with E-state index in [1.807, 2.05) is 6.07 Å². The molecular weight excluding hydrogens is 556 g/mol.